The first-order chi connectivity index (χ1) is 8.49. The average Bonchev–Trinajstić information content (AvgIpc) is 2.85. The standard InChI is InChI=1S/C10H13F2N3O3/c11-10(12)15-2-1-13-8(15)5-14-4-6(16)3-7(14)9(17)18/h1-2,6-7,10,16H,3-5H2,(H,17,18). The van der Waals surface area contributed by atoms with Crippen LogP contribution in [0.4, 0.5) is 8.78 Å². The zero-order valence-electron chi connectivity index (χ0n) is 9.41. The number of aliphatic hydroxyl groups excluding tert-OH is 1. The quantitative estimate of drug-likeness (QED) is 0.815. The number of halogens is 2. The lowest BCUT2D eigenvalue weighted by Gasteiger charge is -2.20. The molecule has 1 aliphatic heterocycles. The number of carbonyl (C=O) groups is 1. The van der Waals surface area contributed by atoms with Gasteiger partial charge in [-0.3, -0.25) is 14.3 Å². The summed E-state index contributed by atoms with van der Waals surface area (Å²) < 4.78 is 25.9. The largest absolute Gasteiger partial charge is 0.480 e. The molecule has 18 heavy (non-hydrogen) atoms. The first-order valence-electron chi connectivity index (χ1n) is 5.44. The molecule has 8 heteroatoms. The number of carboxylic acids is 1. The van der Waals surface area contributed by atoms with E-state index in [2.05, 4.69) is 4.98 Å². The number of aromatic nitrogens is 2. The van der Waals surface area contributed by atoms with Gasteiger partial charge in [-0.25, -0.2) is 4.98 Å². The fourth-order valence-electron chi connectivity index (χ4n) is 2.14. The summed E-state index contributed by atoms with van der Waals surface area (Å²) in [5.41, 5.74) is 0. The monoisotopic (exact) mass is 261 g/mol. The van der Waals surface area contributed by atoms with Gasteiger partial charge in [0.05, 0.1) is 12.6 Å². The van der Waals surface area contributed by atoms with E-state index in [-0.39, 0.29) is 25.3 Å². The molecule has 2 atom stereocenters. The van der Waals surface area contributed by atoms with Gasteiger partial charge in [-0.1, -0.05) is 0 Å². The van der Waals surface area contributed by atoms with Crippen molar-refractivity contribution in [2.75, 3.05) is 6.54 Å². The Balaban J connectivity index is 2.12. The maximum Gasteiger partial charge on any atom is 0.321 e. The van der Waals surface area contributed by atoms with Crippen molar-refractivity contribution in [2.24, 2.45) is 0 Å². The fraction of sp³-hybridized carbons (Fsp3) is 0.600. The lowest BCUT2D eigenvalue weighted by molar-refractivity contribution is -0.142. The molecule has 0 aliphatic carbocycles. The lowest BCUT2D eigenvalue weighted by Crippen LogP contribution is -2.36. The molecule has 6 nitrogen and oxygen atoms in total. The Kier molecular flexibility index (Phi) is 3.58. The van der Waals surface area contributed by atoms with E-state index in [9.17, 15) is 18.7 Å². The number of carboxylic acid groups (broad SMARTS) is 1. The molecule has 0 spiro atoms. The second kappa shape index (κ2) is 4.99. The minimum Gasteiger partial charge on any atom is -0.480 e. The van der Waals surface area contributed by atoms with Crippen LogP contribution in [0.1, 0.15) is 18.8 Å². The van der Waals surface area contributed by atoms with Gasteiger partial charge >= 0.3 is 12.5 Å². The van der Waals surface area contributed by atoms with Crippen molar-refractivity contribution >= 4 is 5.97 Å². The molecule has 2 rings (SSSR count). The van der Waals surface area contributed by atoms with Gasteiger partial charge in [0.1, 0.15) is 11.9 Å². The van der Waals surface area contributed by atoms with Crippen molar-refractivity contribution < 1.29 is 23.8 Å². The van der Waals surface area contributed by atoms with Crippen LogP contribution in [0.25, 0.3) is 0 Å². The third-order valence-corrected chi connectivity index (χ3v) is 2.97. The summed E-state index contributed by atoms with van der Waals surface area (Å²) in [6.45, 7) is -2.59. The molecule has 2 heterocycles. The van der Waals surface area contributed by atoms with E-state index >= 15 is 0 Å². The predicted octanol–water partition coefficient (Wildman–Crippen LogP) is 0.298. The predicted molar refractivity (Wildman–Crippen MR) is 55.9 cm³/mol. The SMILES string of the molecule is O=C(O)C1CC(O)CN1Cc1nccn1C(F)F. The van der Waals surface area contributed by atoms with Crippen molar-refractivity contribution in [2.45, 2.75) is 31.7 Å². The molecule has 1 aliphatic rings. The highest BCUT2D eigenvalue weighted by Crippen LogP contribution is 2.22. The second-order valence-corrected chi connectivity index (χ2v) is 4.20. The first-order valence-corrected chi connectivity index (χ1v) is 5.44. The van der Waals surface area contributed by atoms with Gasteiger partial charge in [0.15, 0.2) is 0 Å². The van der Waals surface area contributed by atoms with Gasteiger partial charge in [-0.15, -0.1) is 0 Å². The summed E-state index contributed by atoms with van der Waals surface area (Å²) in [4.78, 5) is 16.2. The number of hydrogen-bond acceptors (Lipinski definition) is 4. The number of imidazole rings is 1. The van der Waals surface area contributed by atoms with Gasteiger partial charge in [0.25, 0.3) is 0 Å². The van der Waals surface area contributed by atoms with E-state index in [1.807, 2.05) is 0 Å². The van der Waals surface area contributed by atoms with Crippen molar-refractivity contribution in [3.63, 3.8) is 0 Å². The number of aliphatic carboxylic acids is 1. The van der Waals surface area contributed by atoms with E-state index in [1.165, 1.54) is 11.1 Å². The highest BCUT2D eigenvalue weighted by Gasteiger charge is 2.36. The zero-order chi connectivity index (χ0) is 13.3. The van der Waals surface area contributed by atoms with Crippen molar-refractivity contribution in [1.29, 1.82) is 0 Å². The summed E-state index contributed by atoms with van der Waals surface area (Å²) in [6.07, 6.45) is 1.73. The van der Waals surface area contributed by atoms with Crippen LogP contribution >= 0.6 is 0 Å². The number of alkyl halides is 2. The van der Waals surface area contributed by atoms with E-state index in [0.29, 0.717) is 4.57 Å². The Labute approximate surface area is 101 Å². The Bertz CT molecular complexity index is 438. The molecule has 2 unspecified atom stereocenters. The second-order valence-electron chi connectivity index (χ2n) is 4.20. The number of likely N-dealkylation sites (tertiary alicyclic amines) is 1. The van der Waals surface area contributed by atoms with Gasteiger partial charge in [0.2, 0.25) is 0 Å². The molecule has 1 fully saturated rings. The molecular formula is C10H13F2N3O3. The lowest BCUT2D eigenvalue weighted by atomic mass is 10.2. The Hall–Kier alpha value is -1.54. The number of β-amino-alcohol motifs (C(OH)–C–C–N with tert-alkyl or cyclic N) is 1. The van der Waals surface area contributed by atoms with Gasteiger partial charge < -0.3 is 10.2 Å². The summed E-state index contributed by atoms with van der Waals surface area (Å²) in [5.74, 6) is -0.980. The van der Waals surface area contributed by atoms with Crippen LogP contribution < -0.4 is 0 Å². The maximum absolute atomic E-state index is 12.6. The fourth-order valence-corrected chi connectivity index (χ4v) is 2.14. The third-order valence-electron chi connectivity index (χ3n) is 2.97. The smallest absolute Gasteiger partial charge is 0.321 e. The normalized spacial score (nSPS) is 24.9. The first kappa shape index (κ1) is 12.9. The molecule has 2 N–H and O–H groups in total. The zero-order valence-corrected chi connectivity index (χ0v) is 9.41. The van der Waals surface area contributed by atoms with E-state index in [0.717, 1.165) is 6.20 Å². The third kappa shape index (κ3) is 2.49. The molecule has 0 amide bonds. The molecule has 1 aromatic heterocycles. The molecule has 0 saturated carbocycles. The van der Waals surface area contributed by atoms with Crippen LogP contribution in [-0.4, -0.2) is 49.3 Å². The van der Waals surface area contributed by atoms with Crippen LogP contribution in [0.15, 0.2) is 12.4 Å². The van der Waals surface area contributed by atoms with E-state index < -0.39 is 24.7 Å². The van der Waals surface area contributed by atoms with Crippen LogP contribution in [0.5, 0.6) is 0 Å². The molecule has 1 saturated heterocycles. The van der Waals surface area contributed by atoms with Gasteiger partial charge in [-0.05, 0) is 0 Å². The molecule has 0 bridgehead atoms. The maximum atomic E-state index is 12.6. The summed E-state index contributed by atoms with van der Waals surface area (Å²) in [7, 11) is 0. The summed E-state index contributed by atoms with van der Waals surface area (Å²) >= 11 is 0. The van der Waals surface area contributed by atoms with E-state index in [1.54, 1.807) is 0 Å². The van der Waals surface area contributed by atoms with Gasteiger partial charge in [0, 0.05) is 25.4 Å². The number of aliphatic hydroxyl groups is 1. The van der Waals surface area contributed by atoms with Crippen molar-refractivity contribution in [3.05, 3.63) is 18.2 Å². The van der Waals surface area contributed by atoms with Gasteiger partial charge in [-0.2, -0.15) is 8.78 Å². The van der Waals surface area contributed by atoms with Crippen molar-refractivity contribution in [1.82, 2.24) is 14.5 Å². The van der Waals surface area contributed by atoms with Crippen LogP contribution in [-0.2, 0) is 11.3 Å². The molecule has 1 aromatic rings. The van der Waals surface area contributed by atoms with Crippen molar-refractivity contribution in [3.8, 4) is 0 Å². The highest BCUT2D eigenvalue weighted by atomic mass is 19.3. The topological polar surface area (TPSA) is 78.6 Å². The highest BCUT2D eigenvalue weighted by molar-refractivity contribution is 5.74. The number of rotatable bonds is 4. The van der Waals surface area contributed by atoms with Crippen LogP contribution in [0.3, 0.4) is 0 Å². The van der Waals surface area contributed by atoms with Crippen LogP contribution in [0.2, 0.25) is 0 Å². The molecule has 0 aromatic carbocycles. The average molecular weight is 261 g/mol. The van der Waals surface area contributed by atoms with E-state index in [4.69, 9.17) is 5.11 Å². The Morgan fingerprint density at radius 1 is 1.61 bits per heavy atom. The molecule has 0 radical (unpaired) electrons. The Morgan fingerprint density at radius 2 is 2.33 bits per heavy atom. The molecular weight excluding hydrogens is 248 g/mol. The summed E-state index contributed by atoms with van der Waals surface area (Å²) in [5, 5.41) is 18.4. The minimum absolute atomic E-state index is 0.0225. The Morgan fingerprint density at radius 3 is 2.94 bits per heavy atom. The minimum atomic E-state index is -2.71. The summed E-state index contributed by atoms with van der Waals surface area (Å²) in [6, 6.07) is -0.858. The number of hydrogen-bond donors (Lipinski definition) is 2. The number of nitrogens with zero attached hydrogens (tertiary/aromatic N) is 3. The van der Waals surface area contributed by atoms with Crippen LogP contribution in [0, 0.1) is 0 Å². The molecule has 100 valence electrons.